The van der Waals surface area contributed by atoms with Crippen LogP contribution in [-0.4, -0.2) is 30.9 Å². The van der Waals surface area contributed by atoms with Gasteiger partial charge >= 0.3 is 0 Å². The van der Waals surface area contributed by atoms with Crippen molar-refractivity contribution in [2.75, 3.05) is 0 Å². The first-order chi connectivity index (χ1) is 12.7. The van der Waals surface area contributed by atoms with Gasteiger partial charge in [-0.15, -0.1) is 0 Å². The number of aromatic amines is 1. The van der Waals surface area contributed by atoms with Crippen molar-refractivity contribution in [1.29, 1.82) is 0 Å². The summed E-state index contributed by atoms with van der Waals surface area (Å²) in [5.41, 5.74) is 3.64. The van der Waals surface area contributed by atoms with Gasteiger partial charge in [-0.05, 0) is 23.8 Å². The van der Waals surface area contributed by atoms with Gasteiger partial charge in [-0.3, -0.25) is 19.6 Å². The first-order valence-electron chi connectivity index (χ1n) is 8.00. The Labute approximate surface area is 148 Å². The predicted octanol–water partition coefficient (Wildman–Crippen LogP) is 2.40. The fourth-order valence-electron chi connectivity index (χ4n) is 2.52. The second kappa shape index (κ2) is 6.67. The molecule has 0 saturated heterocycles. The lowest BCUT2D eigenvalue weighted by molar-refractivity contribution is 0.0946. The van der Waals surface area contributed by atoms with Crippen molar-refractivity contribution in [3.63, 3.8) is 0 Å². The zero-order valence-corrected chi connectivity index (χ0v) is 14.0. The van der Waals surface area contributed by atoms with Crippen LogP contribution in [0.1, 0.15) is 16.1 Å². The molecule has 2 N–H and O–H groups in total. The zero-order chi connectivity index (χ0) is 17.9. The average Bonchev–Trinajstić information content (AvgIpc) is 3.40. The Morgan fingerprint density at radius 2 is 2.23 bits per heavy atom. The van der Waals surface area contributed by atoms with Crippen LogP contribution in [0.15, 0.2) is 59.6 Å². The molecule has 4 heterocycles. The van der Waals surface area contributed by atoms with E-state index in [-0.39, 0.29) is 5.91 Å². The van der Waals surface area contributed by atoms with E-state index in [1.807, 2.05) is 25.4 Å². The minimum Gasteiger partial charge on any atom is -0.463 e. The largest absolute Gasteiger partial charge is 0.463 e. The number of carbonyl (C=O) groups excluding carboxylic acids is 1. The Kier molecular flexibility index (Phi) is 4.06. The number of hydrogen-bond donors (Lipinski definition) is 2. The van der Waals surface area contributed by atoms with Crippen LogP contribution in [0.2, 0.25) is 0 Å². The van der Waals surface area contributed by atoms with Crippen LogP contribution >= 0.6 is 0 Å². The van der Waals surface area contributed by atoms with E-state index >= 15 is 0 Å². The van der Waals surface area contributed by atoms with Gasteiger partial charge in [0.05, 0.1) is 18.2 Å². The Morgan fingerprint density at radius 1 is 1.31 bits per heavy atom. The fraction of sp³-hybridized carbons (Fsp3) is 0.111. The van der Waals surface area contributed by atoms with Crippen molar-refractivity contribution in [3.05, 3.63) is 66.4 Å². The van der Waals surface area contributed by atoms with Gasteiger partial charge in [0.25, 0.3) is 5.91 Å². The van der Waals surface area contributed by atoms with E-state index in [0.29, 0.717) is 23.7 Å². The molecule has 26 heavy (non-hydrogen) atoms. The van der Waals surface area contributed by atoms with Crippen LogP contribution in [0.3, 0.4) is 0 Å². The number of aryl methyl sites for hydroxylation is 1. The van der Waals surface area contributed by atoms with E-state index in [0.717, 1.165) is 16.8 Å². The van der Waals surface area contributed by atoms with Gasteiger partial charge in [-0.2, -0.15) is 10.2 Å². The summed E-state index contributed by atoms with van der Waals surface area (Å²) in [6.07, 6.45) is 6.97. The second-order valence-electron chi connectivity index (χ2n) is 5.78. The van der Waals surface area contributed by atoms with E-state index in [1.165, 1.54) is 0 Å². The minimum atomic E-state index is -0.268. The van der Waals surface area contributed by atoms with Gasteiger partial charge in [0, 0.05) is 37.6 Å². The molecule has 0 aliphatic carbocycles. The lowest BCUT2D eigenvalue weighted by Crippen LogP contribution is -2.23. The van der Waals surface area contributed by atoms with Gasteiger partial charge in [0.2, 0.25) is 0 Å². The number of nitrogens with one attached hydrogen (secondary N) is 2. The summed E-state index contributed by atoms with van der Waals surface area (Å²) in [6, 6.07) is 9.05. The number of H-pyrrole nitrogens is 1. The molecule has 0 aliphatic heterocycles. The van der Waals surface area contributed by atoms with E-state index in [4.69, 9.17) is 4.42 Å². The quantitative estimate of drug-likeness (QED) is 0.577. The highest BCUT2D eigenvalue weighted by molar-refractivity contribution is 5.93. The summed E-state index contributed by atoms with van der Waals surface area (Å²) >= 11 is 0. The molecule has 1 amide bonds. The number of rotatable bonds is 5. The van der Waals surface area contributed by atoms with Gasteiger partial charge < -0.3 is 9.73 Å². The van der Waals surface area contributed by atoms with Crippen LogP contribution in [0, 0.1) is 0 Å². The molecular formula is C18H16N6O2. The molecule has 0 radical (unpaired) electrons. The summed E-state index contributed by atoms with van der Waals surface area (Å²) < 4.78 is 7.00. The number of aromatic nitrogens is 5. The van der Waals surface area contributed by atoms with Crippen molar-refractivity contribution in [2.24, 2.45) is 7.05 Å². The van der Waals surface area contributed by atoms with Crippen molar-refractivity contribution in [2.45, 2.75) is 6.54 Å². The maximum Gasteiger partial charge on any atom is 0.272 e. The smallest absolute Gasteiger partial charge is 0.272 e. The number of pyridine rings is 1. The van der Waals surface area contributed by atoms with Gasteiger partial charge in [0.15, 0.2) is 11.5 Å². The first-order valence-corrected chi connectivity index (χ1v) is 8.00. The minimum absolute atomic E-state index is 0.268. The predicted molar refractivity (Wildman–Crippen MR) is 93.9 cm³/mol. The van der Waals surface area contributed by atoms with Crippen molar-refractivity contribution < 1.29 is 9.21 Å². The lowest BCUT2D eigenvalue weighted by atomic mass is 10.2. The fourth-order valence-corrected chi connectivity index (χ4v) is 2.52. The molecule has 130 valence electrons. The second-order valence-corrected chi connectivity index (χ2v) is 5.78. The van der Waals surface area contributed by atoms with E-state index in [1.54, 1.807) is 41.5 Å². The van der Waals surface area contributed by atoms with Crippen LogP contribution in [0.4, 0.5) is 0 Å². The van der Waals surface area contributed by atoms with E-state index < -0.39 is 0 Å². The topological polar surface area (TPSA) is 102 Å². The van der Waals surface area contributed by atoms with Crippen LogP contribution in [0.25, 0.3) is 22.7 Å². The van der Waals surface area contributed by atoms with Crippen LogP contribution in [-0.2, 0) is 13.6 Å². The maximum atomic E-state index is 12.2. The number of hydrogen-bond acceptors (Lipinski definition) is 5. The van der Waals surface area contributed by atoms with Crippen molar-refractivity contribution >= 4 is 5.91 Å². The van der Waals surface area contributed by atoms with Gasteiger partial charge in [-0.1, -0.05) is 6.07 Å². The van der Waals surface area contributed by atoms with Crippen molar-refractivity contribution in [1.82, 2.24) is 30.3 Å². The normalized spacial score (nSPS) is 10.8. The summed E-state index contributed by atoms with van der Waals surface area (Å²) in [5.74, 6) is 0.363. The lowest BCUT2D eigenvalue weighted by Gasteiger charge is -2.04. The highest BCUT2D eigenvalue weighted by Crippen LogP contribution is 2.18. The third-order valence-electron chi connectivity index (χ3n) is 3.88. The summed E-state index contributed by atoms with van der Waals surface area (Å²) in [7, 11) is 1.86. The number of carbonyl (C=O) groups is 1. The molecule has 4 aromatic heterocycles. The first kappa shape index (κ1) is 15.8. The van der Waals surface area contributed by atoms with Crippen LogP contribution in [0.5, 0.6) is 0 Å². The molecular weight excluding hydrogens is 332 g/mol. The van der Waals surface area contributed by atoms with Crippen molar-refractivity contribution in [3.8, 4) is 22.7 Å². The highest BCUT2D eigenvalue weighted by Gasteiger charge is 2.12. The molecule has 0 unspecified atom stereocenters. The SMILES string of the molecule is Cn1cc(-c2ccc(CNC(=O)c3cc(-c4ccco4)[nH]n3)cn2)cn1. The molecule has 8 nitrogen and oxygen atoms in total. The molecule has 0 saturated carbocycles. The number of amides is 1. The van der Waals surface area contributed by atoms with Gasteiger partial charge in [0.1, 0.15) is 5.69 Å². The van der Waals surface area contributed by atoms with E-state index in [9.17, 15) is 4.79 Å². The molecule has 8 heteroatoms. The average molecular weight is 348 g/mol. The summed E-state index contributed by atoms with van der Waals surface area (Å²) in [5, 5.41) is 13.8. The molecule has 0 aliphatic rings. The Hall–Kier alpha value is -3.68. The summed E-state index contributed by atoms with van der Waals surface area (Å²) in [6.45, 7) is 0.363. The molecule has 0 spiro atoms. The number of nitrogens with zero attached hydrogens (tertiary/aromatic N) is 4. The van der Waals surface area contributed by atoms with E-state index in [2.05, 4.69) is 25.6 Å². The molecule has 0 atom stereocenters. The zero-order valence-electron chi connectivity index (χ0n) is 14.0. The monoisotopic (exact) mass is 348 g/mol. The standard InChI is InChI=1S/C18H16N6O2/c1-24-11-13(10-21-24)14-5-4-12(8-19-14)9-20-18(25)16-7-15(22-23-16)17-3-2-6-26-17/h2-8,10-11H,9H2,1H3,(H,20,25)(H,22,23). The third kappa shape index (κ3) is 3.25. The highest BCUT2D eigenvalue weighted by atomic mass is 16.3. The summed E-state index contributed by atoms with van der Waals surface area (Å²) in [4.78, 5) is 16.6. The molecule has 4 rings (SSSR count). The molecule has 0 aromatic carbocycles. The maximum absolute atomic E-state index is 12.2. The Bertz CT molecular complexity index is 1010. The Balaban J connectivity index is 1.38. The molecule has 4 aromatic rings. The third-order valence-corrected chi connectivity index (χ3v) is 3.88. The molecule has 0 fully saturated rings. The number of furan rings is 1. The molecule has 0 bridgehead atoms. The Morgan fingerprint density at radius 3 is 2.92 bits per heavy atom. The van der Waals surface area contributed by atoms with Crippen LogP contribution < -0.4 is 5.32 Å². The van der Waals surface area contributed by atoms with Gasteiger partial charge in [-0.25, -0.2) is 0 Å².